The van der Waals surface area contributed by atoms with Gasteiger partial charge in [0.15, 0.2) is 0 Å². The molecule has 0 radical (unpaired) electrons. The Labute approximate surface area is 88.1 Å². The summed E-state index contributed by atoms with van der Waals surface area (Å²) >= 11 is 0. The molecule has 1 atom stereocenters. The van der Waals surface area contributed by atoms with E-state index in [1.54, 1.807) is 6.92 Å². The Morgan fingerprint density at radius 1 is 1.36 bits per heavy atom. The maximum absolute atomic E-state index is 10.9. The molecule has 0 aliphatic heterocycles. The van der Waals surface area contributed by atoms with Crippen molar-refractivity contribution in [3.63, 3.8) is 0 Å². The second-order valence-corrected chi connectivity index (χ2v) is 4.19. The molecule has 3 nitrogen and oxygen atoms in total. The lowest BCUT2D eigenvalue weighted by atomic mass is 10.2. The summed E-state index contributed by atoms with van der Waals surface area (Å²) < 4.78 is 0. The summed E-state index contributed by atoms with van der Waals surface area (Å²) in [6, 6.07) is 0.523. The molecule has 0 saturated heterocycles. The quantitative estimate of drug-likeness (QED) is 0.618. The molecule has 0 N–H and O–H groups in total. The van der Waals surface area contributed by atoms with Crippen LogP contribution in [0.5, 0.6) is 0 Å². The minimum Gasteiger partial charge on any atom is -0.308 e. The van der Waals surface area contributed by atoms with E-state index < -0.39 is 0 Å². The molecule has 14 heavy (non-hydrogen) atoms. The Balaban J connectivity index is 3.92. The minimum absolute atomic E-state index is 0.278. The lowest BCUT2D eigenvalue weighted by molar-refractivity contribution is -0.117. The molecule has 0 spiro atoms. The third kappa shape index (κ3) is 6.11. The number of likely N-dealkylation sites (N-methyl/N-ethyl adjacent to an activating group) is 2. The van der Waals surface area contributed by atoms with Gasteiger partial charge in [0.05, 0.1) is 0 Å². The summed E-state index contributed by atoms with van der Waals surface area (Å²) in [4.78, 5) is 15.4. The summed E-state index contributed by atoms with van der Waals surface area (Å²) in [5.74, 6) is 0.278. The van der Waals surface area contributed by atoms with E-state index in [4.69, 9.17) is 0 Å². The molecule has 0 bridgehead atoms. The largest absolute Gasteiger partial charge is 0.308 e. The molecular formula is C11H24N2O. The van der Waals surface area contributed by atoms with Crippen molar-refractivity contribution in [1.29, 1.82) is 0 Å². The Hall–Kier alpha value is -0.410. The van der Waals surface area contributed by atoms with Crippen molar-refractivity contribution in [3.05, 3.63) is 0 Å². The zero-order valence-electron chi connectivity index (χ0n) is 10.2. The molecule has 0 aromatic carbocycles. The van der Waals surface area contributed by atoms with E-state index in [0.29, 0.717) is 12.5 Å². The van der Waals surface area contributed by atoms with Crippen LogP contribution in [-0.4, -0.2) is 55.4 Å². The van der Waals surface area contributed by atoms with E-state index in [2.05, 4.69) is 37.7 Å². The van der Waals surface area contributed by atoms with Crippen molar-refractivity contribution in [2.75, 3.05) is 33.7 Å². The van der Waals surface area contributed by atoms with Gasteiger partial charge in [0.25, 0.3) is 0 Å². The topological polar surface area (TPSA) is 23.6 Å². The van der Waals surface area contributed by atoms with Crippen molar-refractivity contribution in [2.24, 2.45) is 0 Å². The van der Waals surface area contributed by atoms with Crippen molar-refractivity contribution in [1.82, 2.24) is 9.80 Å². The van der Waals surface area contributed by atoms with Crippen LogP contribution in [0.3, 0.4) is 0 Å². The monoisotopic (exact) mass is 200 g/mol. The number of hydrogen-bond acceptors (Lipinski definition) is 3. The van der Waals surface area contributed by atoms with Gasteiger partial charge in [0.2, 0.25) is 0 Å². The predicted octanol–water partition coefficient (Wildman–Crippen LogP) is 1.24. The van der Waals surface area contributed by atoms with Gasteiger partial charge in [-0.05, 0) is 34.5 Å². The standard InChI is InChI=1S/C11H24N2O/c1-6-13(8-7-11(3)14)10(2)9-12(4)5/h10H,6-9H2,1-5H3. The van der Waals surface area contributed by atoms with Gasteiger partial charge in [0, 0.05) is 25.6 Å². The van der Waals surface area contributed by atoms with E-state index in [1.807, 2.05) is 0 Å². The summed E-state index contributed by atoms with van der Waals surface area (Å²) in [6.45, 7) is 8.97. The normalized spacial score (nSPS) is 13.6. The summed E-state index contributed by atoms with van der Waals surface area (Å²) in [7, 11) is 4.16. The SMILES string of the molecule is CCN(CCC(C)=O)C(C)CN(C)C. The molecule has 3 heteroatoms. The first-order chi connectivity index (χ1) is 6.47. The second kappa shape index (κ2) is 6.96. The molecule has 0 amide bonds. The highest BCUT2D eigenvalue weighted by Crippen LogP contribution is 2.01. The van der Waals surface area contributed by atoms with Gasteiger partial charge in [0.1, 0.15) is 5.78 Å². The highest BCUT2D eigenvalue weighted by atomic mass is 16.1. The molecule has 0 aliphatic carbocycles. The van der Waals surface area contributed by atoms with E-state index in [-0.39, 0.29) is 5.78 Å². The molecule has 0 fully saturated rings. The van der Waals surface area contributed by atoms with E-state index in [9.17, 15) is 4.79 Å². The van der Waals surface area contributed by atoms with Gasteiger partial charge in [-0.3, -0.25) is 9.69 Å². The molecule has 1 unspecified atom stereocenters. The predicted molar refractivity (Wildman–Crippen MR) is 60.6 cm³/mol. The number of hydrogen-bond donors (Lipinski definition) is 0. The number of Topliss-reactive ketones (excluding diaryl/α,β-unsaturated/α-hetero) is 1. The van der Waals surface area contributed by atoms with Gasteiger partial charge in [-0.25, -0.2) is 0 Å². The van der Waals surface area contributed by atoms with Gasteiger partial charge >= 0.3 is 0 Å². The van der Waals surface area contributed by atoms with E-state index in [1.165, 1.54) is 0 Å². The summed E-state index contributed by atoms with van der Waals surface area (Å²) in [6.07, 6.45) is 0.672. The number of nitrogens with zero attached hydrogens (tertiary/aromatic N) is 2. The van der Waals surface area contributed by atoms with Crippen LogP contribution in [0.1, 0.15) is 27.2 Å². The van der Waals surface area contributed by atoms with Gasteiger partial charge in [-0.15, -0.1) is 0 Å². The fraction of sp³-hybridized carbons (Fsp3) is 0.909. The third-order valence-electron chi connectivity index (χ3n) is 2.41. The molecule has 0 aromatic rings. The number of carbonyl (C=O) groups excluding carboxylic acids is 1. The lowest BCUT2D eigenvalue weighted by Gasteiger charge is -2.29. The number of carbonyl (C=O) groups is 1. The average Bonchev–Trinajstić information content (AvgIpc) is 2.03. The first-order valence-corrected chi connectivity index (χ1v) is 5.35. The first-order valence-electron chi connectivity index (χ1n) is 5.35. The second-order valence-electron chi connectivity index (χ2n) is 4.19. The van der Waals surface area contributed by atoms with Crippen molar-refractivity contribution in [2.45, 2.75) is 33.2 Å². The van der Waals surface area contributed by atoms with Crippen LogP contribution in [0.2, 0.25) is 0 Å². The van der Waals surface area contributed by atoms with Crippen molar-refractivity contribution >= 4 is 5.78 Å². The molecule has 0 aromatic heterocycles. The third-order valence-corrected chi connectivity index (χ3v) is 2.41. The molecule has 0 aliphatic rings. The lowest BCUT2D eigenvalue weighted by Crippen LogP contribution is -2.40. The van der Waals surface area contributed by atoms with Gasteiger partial charge in [-0.1, -0.05) is 6.92 Å². The van der Waals surface area contributed by atoms with Gasteiger partial charge < -0.3 is 4.90 Å². The minimum atomic E-state index is 0.278. The molecular weight excluding hydrogens is 176 g/mol. The summed E-state index contributed by atoms with van der Waals surface area (Å²) in [5, 5.41) is 0. The van der Waals surface area contributed by atoms with Gasteiger partial charge in [-0.2, -0.15) is 0 Å². The Bertz CT molecular complexity index is 169. The Morgan fingerprint density at radius 3 is 2.29 bits per heavy atom. The van der Waals surface area contributed by atoms with Crippen LogP contribution >= 0.6 is 0 Å². The van der Waals surface area contributed by atoms with E-state index >= 15 is 0 Å². The molecule has 84 valence electrons. The maximum atomic E-state index is 10.9. The highest BCUT2D eigenvalue weighted by molar-refractivity contribution is 5.75. The molecule has 0 rings (SSSR count). The fourth-order valence-electron chi connectivity index (χ4n) is 1.64. The Morgan fingerprint density at radius 2 is 1.93 bits per heavy atom. The van der Waals surface area contributed by atoms with E-state index in [0.717, 1.165) is 19.6 Å². The number of rotatable bonds is 7. The summed E-state index contributed by atoms with van der Waals surface area (Å²) in [5.41, 5.74) is 0. The fourth-order valence-corrected chi connectivity index (χ4v) is 1.64. The average molecular weight is 200 g/mol. The van der Waals surface area contributed by atoms with Crippen molar-refractivity contribution in [3.8, 4) is 0 Å². The van der Waals surface area contributed by atoms with Crippen LogP contribution < -0.4 is 0 Å². The molecule has 0 saturated carbocycles. The zero-order chi connectivity index (χ0) is 11.1. The highest BCUT2D eigenvalue weighted by Gasteiger charge is 2.12. The Kier molecular flexibility index (Phi) is 6.75. The zero-order valence-corrected chi connectivity index (χ0v) is 10.2. The number of ketones is 1. The van der Waals surface area contributed by atoms with Crippen LogP contribution in [0.15, 0.2) is 0 Å². The van der Waals surface area contributed by atoms with Crippen LogP contribution in [0, 0.1) is 0 Å². The van der Waals surface area contributed by atoms with Crippen molar-refractivity contribution < 1.29 is 4.79 Å². The molecule has 0 heterocycles. The van der Waals surface area contributed by atoms with Crippen LogP contribution in [0.4, 0.5) is 0 Å². The van der Waals surface area contributed by atoms with Crippen LogP contribution in [-0.2, 0) is 4.79 Å². The maximum Gasteiger partial charge on any atom is 0.131 e. The smallest absolute Gasteiger partial charge is 0.131 e. The first kappa shape index (κ1) is 13.6. The van der Waals surface area contributed by atoms with Crippen LogP contribution in [0.25, 0.3) is 0 Å².